The molecule has 0 fully saturated rings. The zero-order valence-electron chi connectivity index (χ0n) is 14.9. The number of esters is 1. The Hall–Kier alpha value is -3.16. The Morgan fingerprint density at radius 1 is 1.15 bits per heavy atom. The molecule has 8 heteroatoms. The number of H-pyrrole nitrogens is 1. The van der Waals surface area contributed by atoms with E-state index in [1.807, 2.05) is 19.1 Å². The molecule has 8 nitrogen and oxygen atoms in total. The van der Waals surface area contributed by atoms with Gasteiger partial charge in [0, 0.05) is 17.2 Å². The van der Waals surface area contributed by atoms with Crippen LogP contribution in [0.2, 0.25) is 0 Å². The van der Waals surface area contributed by atoms with Crippen LogP contribution in [0.25, 0.3) is 0 Å². The minimum absolute atomic E-state index is 0.209. The molecular weight excluding hydrogens is 338 g/mol. The lowest BCUT2D eigenvalue weighted by molar-refractivity contribution is -0.136. The van der Waals surface area contributed by atoms with Gasteiger partial charge in [-0.15, -0.1) is 0 Å². The molecular formula is C18H19N3O5. The molecule has 0 spiro atoms. The molecule has 1 aromatic carbocycles. The van der Waals surface area contributed by atoms with Crippen molar-refractivity contribution in [1.29, 1.82) is 0 Å². The van der Waals surface area contributed by atoms with Gasteiger partial charge in [-0.3, -0.25) is 5.10 Å². The maximum absolute atomic E-state index is 12.4. The number of aromatic amines is 1. The number of rotatable bonds is 4. The summed E-state index contributed by atoms with van der Waals surface area (Å²) in [6.07, 6.45) is 0. The van der Waals surface area contributed by atoms with Crippen LogP contribution in [0.15, 0.2) is 23.4 Å². The molecule has 0 bridgehead atoms. The Kier molecular flexibility index (Phi) is 3.75. The third kappa shape index (κ3) is 2.22. The van der Waals surface area contributed by atoms with Crippen LogP contribution in [0.5, 0.6) is 17.2 Å². The van der Waals surface area contributed by atoms with Crippen molar-refractivity contribution >= 4 is 11.8 Å². The molecule has 136 valence electrons. The number of nitrogens with one attached hydrogen (secondary N) is 2. The molecule has 2 aliphatic rings. The van der Waals surface area contributed by atoms with Crippen molar-refractivity contribution in [2.45, 2.75) is 12.8 Å². The van der Waals surface area contributed by atoms with E-state index in [9.17, 15) is 4.79 Å². The van der Waals surface area contributed by atoms with Gasteiger partial charge in [0.05, 0.1) is 32.6 Å². The normalized spacial score (nSPS) is 18.0. The van der Waals surface area contributed by atoms with E-state index in [1.165, 1.54) is 0 Å². The van der Waals surface area contributed by atoms with Gasteiger partial charge in [-0.1, -0.05) is 0 Å². The molecule has 0 saturated heterocycles. The van der Waals surface area contributed by atoms with Crippen LogP contribution < -0.4 is 19.5 Å². The Balaban J connectivity index is 1.96. The van der Waals surface area contributed by atoms with E-state index < -0.39 is 0 Å². The lowest BCUT2D eigenvalue weighted by Gasteiger charge is -2.25. The number of aromatic nitrogens is 2. The molecule has 4 rings (SSSR count). The first-order valence-electron chi connectivity index (χ1n) is 8.11. The fraction of sp³-hybridized carbons (Fsp3) is 0.333. The molecule has 1 aromatic heterocycles. The van der Waals surface area contributed by atoms with Gasteiger partial charge in [0.25, 0.3) is 0 Å². The molecule has 0 saturated carbocycles. The number of ether oxygens (including phenoxy) is 4. The molecule has 3 heterocycles. The van der Waals surface area contributed by atoms with E-state index >= 15 is 0 Å². The highest BCUT2D eigenvalue weighted by molar-refractivity contribution is 5.97. The van der Waals surface area contributed by atoms with Crippen molar-refractivity contribution in [3.05, 3.63) is 40.2 Å². The number of nitrogens with zero attached hydrogens (tertiary/aromatic N) is 1. The van der Waals surface area contributed by atoms with Crippen LogP contribution in [-0.2, 0) is 9.53 Å². The van der Waals surface area contributed by atoms with Gasteiger partial charge >= 0.3 is 5.97 Å². The topological polar surface area (TPSA) is 94.7 Å². The molecule has 2 N–H and O–H groups in total. The summed E-state index contributed by atoms with van der Waals surface area (Å²) in [7, 11) is 4.68. The van der Waals surface area contributed by atoms with Crippen molar-refractivity contribution < 1.29 is 23.7 Å². The first-order valence-corrected chi connectivity index (χ1v) is 8.11. The average Bonchev–Trinajstić information content (AvgIpc) is 3.22. The number of fused-ring (bicyclic) bond motifs is 1. The predicted molar refractivity (Wildman–Crippen MR) is 92.9 cm³/mol. The summed E-state index contributed by atoms with van der Waals surface area (Å²) < 4.78 is 21.6. The fourth-order valence-electron chi connectivity index (χ4n) is 3.59. The lowest BCUT2D eigenvalue weighted by Crippen LogP contribution is -2.20. The summed E-state index contributed by atoms with van der Waals surface area (Å²) in [6, 6.07) is 3.70. The average molecular weight is 357 g/mol. The number of hydrogen-bond donors (Lipinski definition) is 2. The number of aryl methyl sites for hydroxylation is 1. The van der Waals surface area contributed by atoms with Gasteiger partial charge in [-0.2, -0.15) is 5.10 Å². The van der Waals surface area contributed by atoms with Gasteiger partial charge in [0.15, 0.2) is 17.3 Å². The van der Waals surface area contributed by atoms with Crippen molar-refractivity contribution in [3.8, 4) is 17.2 Å². The number of carbonyl (C=O) groups excluding carboxylic acids is 1. The SMILES string of the molecule is COc1cc([C@H]2C3=C(COC3=O)Nc3n[nH]c(C)c32)cc(OC)c1OC. The molecule has 0 amide bonds. The molecule has 0 aliphatic carbocycles. The Morgan fingerprint density at radius 2 is 1.85 bits per heavy atom. The summed E-state index contributed by atoms with van der Waals surface area (Å²) in [5.74, 6) is 1.56. The Bertz CT molecular complexity index is 906. The molecule has 0 radical (unpaired) electrons. The van der Waals surface area contributed by atoms with Crippen LogP contribution in [0, 0.1) is 6.92 Å². The fourth-order valence-corrected chi connectivity index (χ4v) is 3.59. The smallest absolute Gasteiger partial charge is 0.337 e. The van der Waals surface area contributed by atoms with Crippen molar-refractivity contribution in [1.82, 2.24) is 10.2 Å². The maximum atomic E-state index is 12.4. The van der Waals surface area contributed by atoms with E-state index in [0.717, 1.165) is 22.5 Å². The van der Waals surface area contributed by atoms with Crippen LogP contribution in [-0.4, -0.2) is 44.1 Å². The summed E-state index contributed by atoms with van der Waals surface area (Å²) in [5, 5.41) is 10.5. The third-order valence-electron chi connectivity index (χ3n) is 4.75. The molecule has 2 aliphatic heterocycles. The highest BCUT2D eigenvalue weighted by Crippen LogP contribution is 2.48. The molecule has 2 aromatic rings. The number of methoxy groups -OCH3 is 3. The molecule has 26 heavy (non-hydrogen) atoms. The predicted octanol–water partition coefficient (Wildman–Crippen LogP) is 2.11. The Labute approximate surface area is 150 Å². The summed E-state index contributed by atoms with van der Waals surface area (Å²) in [4.78, 5) is 12.4. The van der Waals surface area contributed by atoms with Gasteiger partial charge in [-0.05, 0) is 24.6 Å². The lowest BCUT2D eigenvalue weighted by atomic mass is 9.82. The van der Waals surface area contributed by atoms with Crippen LogP contribution in [0.1, 0.15) is 22.7 Å². The van der Waals surface area contributed by atoms with E-state index in [2.05, 4.69) is 15.5 Å². The first-order chi connectivity index (χ1) is 12.6. The van der Waals surface area contributed by atoms with Crippen LogP contribution in [0.4, 0.5) is 5.82 Å². The minimum Gasteiger partial charge on any atom is -0.493 e. The van der Waals surface area contributed by atoms with Crippen molar-refractivity contribution in [3.63, 3.8) is 0 Å². The van der Waals surface area contributed by atoms with Gasteiger partial charge < -0.3 is 24.3 Å². The first kappa shape index (κ1) is 16.3. The number of anilines is 1. The van der Waals surface area contributed by atoms with Gasteiger partial charge in [0.1, 0.15) is 6.61 Å². The van der Waals surface area contributed by atoms with E-state index in [-0.39, 0.29) is 18.5 Å². The van der Waals surface area contributed by atoms with Crippen molar-refractivity contribution in [2.75, 3.05) is 33.3 Å². The second-order valence-corrected chi connectivity index (χ2v) is 6.10. The van der Waals surface area contributed by atoms with Gasteiger partial charge in [-0.25, -0.2) is 4.79 Å². The Morgan fingerprint density at radius 3 is 2.46 bits per heavy atom. The van der Waals surface area contributed by atoms with Crippen molar-refractivity contribution in [2.24, 2.45) is 0 Å². The standard InChI is InChI=1S/C18H19N3O5/c1-8-13-14(9-5-11(23-2)16(25-4)12(6-9)24-3)15-10(7-26-18(15)22)19-17(13)21-20-8/h5-6,14H,7H2,1-4H3,(H2,19,20,21)/t14-/m1/s1. The minimum atomic E-state index is -0.344. The maximum Gasteiger partial charge on any atom is 0.337 e. The molecule has 1 atom stereocenters. The number of hydrogen-bond acceptors (Lipinski definition) is 7. The highest BCUT2D eigenvalue weighted by Gasteiger charge is 2.41. The second-order valence-electron chi connectivity index (χ2n) is 6.10. The van der Waals surface area contributed by atoms with Crippen LogP contribution in [0.3, 0.4) is 0 Å². The zero-order chi connectivity index (χ0) is 18.4. The summed E-state index contributed by atoms with van der Waals surface area (Å²) in [6.45, 7) is 2.13. The monoisotopic (exact) mass is 357 g/mol. The van der Waals surface area contributed by atoms with E-state index in [0.29, 0.717) is 28.6 Å². The quantitative estimate of drug-likeness (QED) is 0.809. The van der Waals surface area contributed by atoms with Gasteiger partial charge in [0.2, 0.25) is 5.75 Å². The second kappa shape index (κ2) is 5.98. The number of carbonyl (C=O) groups is 1. The molecule has 0 unspecified atom stereocenters. The van der Waals surface area contributed by atoms with Crippen LogP contribution >= 0.6 is 0 Å². The number of cyclic esters (lactones) is 1. The third-order valence-corrected chi connectivity index (χ3v) is 4.75. The summed E-state index contributed by atoms with van der Waals surface area (Å²) >= 11 is 0. The van der Waals surface area contributed by atoms with E-state index in [1.54, 1.807) is 21.3 Å². The van der Waals surface area contributed by atoms with E-state index in [4.69, 9.17) is 18.9 Å². The summed E-state index contributed by atoms with van der Waals surface area (Å²) in [5.41, 5.74) is 3.91. The largest absolute Gasteiger partial charge is 0.493 e. The highest BCUT2D eigenvalue weighted by atomic mass is 16.5. The number of benzene rings is 1. The zero-order valence-corrected chi connectivity index (χ0v) is 14.9.